The normalized spacial score (nSPS) is 16.3. The van der Waals surface area contributed by atoms with Gasteiger partial charge in [0.2, 0.25) is 5.91 Å². The largest absolute Gasteiger partial charge is 0.484 e. The first-order valence-corrected chi connectivity index (χ1v) is 16.3. The van der Waals surface area contributed by atoms with E-state index in [4.69, 9.17) is 15.6 Å². The Labute approximate surface area is 272 Å². The highest BCUT2D eigenvalue weighted by Crippen LogP contribution is 2.45. The average molecular weight is 672 g/mol. The van der Waals surface area contributed by atoms with E-state index in [1.165, 1.54) is 77.0 Å². The number of Topliss-reactive ketones (excluding diaryl/α,β-unsaturated/α-hetero) is 2. The van der Waals surface area contributed by atoms with Gasteiger partial charge in [-0.05, 0) is 78.4 Å². The highest BCUT2D eigenvalue weighted by molar-refractivity contribution is 8.01. The summed E-state index contributed by atoms with van der Waals surface area (Å²) in [5.74, 6) is -2.39. The Morgan fingerprint density at radius 3 is 2.20 bits per heavy atom. The maximum Gasteiger partial charge on any atom is 0.320 e. The molecule has 3 aromatic carbocycles. The van der Waals surface area contributed by atoms with E-state index in [-0.39, 0.29) is 48.6 Å². The van der Waals surface area contributed by atoms with Crippen LogP contribution in [0.1, 0.15) is 28.4 Å². The number of nitrogens with one attached hydrogen (secondary N) is 1. The second-order valence-electron chi connectivity index (χ2n) is 10.3. The highest BCUT2D eigenvalue weighted by atomic mass is 32.2. The van der Waals surface area contributed by atoms with Crippen LogP contribution in [0.3, 0.4) is 0 Å². The molecule has 4 N–H and O–H groups in total. The molecule has 0 aliphatic carbocycles. The van der Waals surface area contributed by atoms with Crippen LogP contribution in [-0.2, 0) is 19.2 Å². The fourth-order valence-corrected chi connectivity index (χ4v) is 6.56. The minimum absolute atomic E-state index is 0.00776. The molecule has 1 saturated heterocycles. The lowest BCUT2D eigenvalue weighted by Gasteiger charge is -2.47. The molecular formula is C32H31F2N3O7S2. The van der Waals surface area contributed by atoms with Gasteiger partial charge in [-0.3, -0.25) is 24.0 Å². The van der Waals surface area contributed by atoms with Crippen molar-refractivity contribution >= 4 is 58.6 Å². The third kappa shape index (κ3) is 9.37. The van der Waals surface area contributed by atoms with E-state index in [0.717, 1.165) is 5.56 Å². The molecule has 3 aromatic rings. The maximum absolute atomic E-state index is 13.6. The van der Waals surface area contributed by atoms with Gasteiger partial charge < -0.3 is 25.8 Å². The van der Waals surface area contributed by atoms with Crippen LogP contribution in [0.2, 0.25) is 0 Å². The van der Waals surface area contributed by atoms with Crippen molar-refractivity contribution in [2.24, 2.45) is 5.73 Å². The number of thioether (sulfide) groups is 2. The van der Waals surface area contributed by atoms with Gasteiger partial charge in [-0.2, -0.15) is 11.8 Å². The Morgan fingerprint density at radius 1 is 0.935 bits per heavy atom. The molecule has 2 amide bonds. The second-order valence-corrected chi connectivity index (χ2v) is 12.5. The summed E-state index contributed by atoms with van der Waals surface area (Å²) in [6.45, 7) is -0.544. The van der Waals surface area contributed by atoms with Crippen LogP contribution in [0, 0.1) is 11.6 Å². The van der Waals surface area contributed by atoms with Crippen molar-refractivity contribution in [1.82, 2.24) is 5.32 Å². The van der Waals surface area contributed by atoms with Crippen molar-refractivity contribution in [3.63, 3.8) is 0 Å². The molecule has 0 unspecified atom stereocenters. The monoisotopic (exact) mass is 671 g/mol. The van der Waals surface area contributed by atoms with Crippen LogP contribution in [0.15, 0.2) is 72.8 Å². The zero-order chi connectivity index (χ0) is 33.2. The van der Waals surface area contributed by atoms with E-state index < -0.39 is 40.8 Å². The summed E-state index contributed by atoms with van der Waals surface area (Å²) < 4.78 is 32.4. The van der Waals surface area contributed by atoms with Crippen LogP contribution < -0.4 is 20.7 Å². The number of ether oxygens (including phenoxy) is 1. The number of benzene rings is 3. The van der Waals surface area contributed by atoms with Gasteiger partial charge in [-0.15, -0.1) is 11.8 Å². The minimum Gasteiger partial charge on any atom is -0.484 e. The van der Waals surface area contributed by atoms with E-state index >= 15 is 0 Å². The molecule has 1 aliphatic rings. The van der Waals surface area contributed by atoms with E-state index in [0.29, 0.717) is 22.8 Å². The van der Waals surface area contributed by atoms with Crippen LogP contribution in [-0.4, -0.2) is 76.2 Å². The minimum atomic E-state index is -1.10. The Balaban J connectivity index is 1.31. The van der Waals surface area contributed by atoms with E-state index in [1.54, 1.807) is 24.3 Å². The summed E-state index contributed by atoms with van der Waals surface area (Å²) in [5, 5.41) is 10.6. The Hall–Kier alpha value is -4.27. The van der Waals surface area contributed by atoms with Crippen molar-refractivity contribution in [3.8, 4) is 5.75 Å². The maximum atomic E-state index is 13.6. The van der Waals surface area contributed by atoms with Crippen LogP contribution >= 0.6 is 23.5 Å². The number of carbonyl (C=O) groups excluding carboxylic acids is 4. The molecule has 0 bridgehead atoms. The quantitative estimate of drug-likeness (QED) is 0.110. The molecule has 1 aliphatic heterocycles. The average Bonchev–Trinajstić information content (AvgIpc) is 3.04. The fraction of sp³-hybridized carbons (Fsp3) is 0.281. The number of hydrogen-bond acceptors (Lipinski definition) is 9. The molecule has 3 atom stereocenters. The van der Waals surface area contributed by atoms with Crippen LogP contribution in [0.5, 0.6) is 5.75 Å². The first-order valence-electron chi connectivity index (χ1n) is 14.1. The van der Waals surface area contributed by atoms with Crippen LogP contribution in [0.25, 0.3) is 0 Å². The van der Waals surface area contributed by atoms with Gasteiger partial charge in [0.1, 0.15) is 28.7 Å². The molecule has 0 aromatic heterocycles. The lowest BCUT2D eigenvalue weighted by molar-refractivity contribution is -0.138. The predicted octanol–water partition coefficient (Wildman–Crippen LogP) is 3.64. The standard InChI is InChI=1S/C32H31F2N3O7S2/c33-21-5-1-19(2-6-21)27(39)18-46-30-29(37(31(30)41)23-9-7-22(34)8-10-23)20-3-11-25(12-4-20)44-16-28(40)36-15-24(38)17-45-14-13-26(35)32(42)43/h1-12,26,29-30H,13-18,35H2,(H,36,40)(H,42,43)/t26-,29+,30+/m0/s1. The summed E-state index contributed by atoms with van der Waals surface area (Å²) >= 11 is 2.40. The third-order valence-electron chi connectivity index (χ3n) is 6.94. The number of halogens is 2. The molecule has 1 fully saturated rings. The molecule has 14 heteroatoms. The summed E-state index contributed by atoms with van der Waals surface area (Å²) in [7, 11) is 0. The van der Waals surface area contributed by atoms with Crippen molar-refractivity contribution in [3.05, 3.63) is 95.6 Å². The zero-order valence-corrected chi connectivity index (χ0v) is 26.0. The smallest absolute Gasteiger partial charge is 0.320 e. The van der Waals surface area contributed by atoms with Gasteiger partial charge in [-0.1, -0.05) is 12.1 Å². The Bertz CT molecular complexity index is 1560. The van der Waals surface area contributed by atoms with E-state index in [9.17, 15) is 32.8 Å². The number of hydrogen-bond donors (Lipinski definition) is 3. The number of carboxylic acid groups (broad SMARTS) is 1. The van der Waals surface area contributed by atoms with Gasteiger partial charge in [-0.25, -0.2) is 8.78 Å². The number of carboxylic acids is 1. The predicted molar refractivity (Wildman–Crippen MR) is 171 cm³/mol. The SMILES string of the molecule is N[C@@H](CCSCC(=O)CNC(=O)COc1ccc([C@@H]2[C@@H](SCC(=O)c3ccc(F)cc3)C(=O)N2c2ccc(F)cc2)cc1)C(=O)O. The van der Waals surface area contributed by atoms with Crippen molar-refractivity contribution in [2.45, 2.75) is 23.8 Å². The summed E-state index contributed by atoms with van der Waals surface area (Å²) in [6, 6.07) is 15.9. The van der Waals surface area contributed by atoms with E-state index in [1.807, 2.05) is 0 Å². The number of nitrogens with two attached hydrogens (primary N) is 1. The lowest BCUT2D eigenvalue weighted by Crippen LogP contribution is -2.57. The number of carbonyl (C=O) groups is 5. The molecule has 0 spiro atoms. The fourth-order valence-electron chi connectivity index (χ4n) is 4.45. The van der Waals surface area contributed by atoms with Gasteiger partial charge in [0, 0.05) is 11.3 Å². The molecule has 0 saturated carbocycles. The topological polar surface area (TPSA) is 156 Å². The van der Waals surface area contributed by atoms with Gasteiger partial charge in [0.15, 0.2) is 18.2 Å². The number of aliphatic carboxylic acids is 1. The number of ketones is 2. The van der Waals surface area contributed by atoms with Crippen molar-refractivity contribution in [2.75, 3.05) is 35.3 Å². The number of nitrogens with zero attached hydrogens (tertiary/aromatic N) is 1. The third-order valence-corrected chi connectivity index (χ3v) is 9.24. The second kappa shape index (κ2) is 16.3. The van der Waals surface area contributed by atoms with E-state index in [2.05, 4.69) is 5.32 Å². The number of β-lactam (4-membered cyclic amide) rings is 1. The first-order chi connectivity index (χ1) is 22.0. The first kappa shape index (κ1) is 34.6. The molecule has 46 heavy (non-hydrogen) atoms. The summed E-state index contributed by atoms with van der Waals surface area (Å²) in [6.07, 6.45) is 0.226. The molecule has 10 nitrogen and oxygen atoms in total. The zero-order valence-electron chi connectivity index (χ0n) is 24.4. The Kier molecular flexibility index (Phi) is 12.3. The van der Waals surface area contributed by atoms with Crippen molar-refractivity contribution in [1.29, 1.82) is 0 Å². The molecular weight excluding hydrogens is 640 g/mol. The van der Waals surface area contributed by atoms with Gasteiger partial charge >= 0.3 is 5.97 Å². The number of rotatable bonds is 17. The van der Waals surface area contributed by atoms with Crippen molar-refractivity contribution < 1.29 is 42.6 Å². The highest BCUT2D eigenvalue weighted by Gasteiger charge is 2.49. The van der Waals surface area contributed by atoms with Crippen LogP contribution in [0.4, 0.5) is 14.5 Å². The number of anilines is 1. The molecule has 4 rings (SSSR count). The molecule has 0 radical (unpaired) electrons. The van der Waals surface area contributed by atoms with Gasteiger partial charge in [0.25, 0.3) is 5.91 Å². The Morgan fingerprint density at radius 2 is 1.57 bits per heavy atom. The molecule has 242 valence electrons. The number of amides is 2. The summed E-state index contributed by atoms with van der Waals surface area (Å²) in [5.41, 5.74) is 6.97. The summed E-state index contributed by atoms with van der Waals surface area (Å²) in [4.78, 5) is 62.4. The lowest BCUT2D eigenvalue weighted by atomic mass is 9.92. The van der Waals surface area contributed by atoms with Gasteiger partial charge in [0.05, 0.1) is 24.1 Å². The molecule has 1 heterocycles.